The van der Waals surface area contributed by atoms with Crippen LogP contribution in [0.5, 0.6) is 0 Å². The number of nitrogens with zero attached hydrogens (tertiary/aromatic N) is 2. The Kier molecular flexibility index (Phi) is 9.21. The van der Waals surface area contributed by atoms with Crippen molar-refractivity contribution in [1.82, 2.24) is 14.6 Å². The topological polar surface area (TPSA) is 184 Å². The van der Waals surface area contributed by atoms with E-state index in [4.69, 9.17) is 24.5 Å². The molecule has 13 nitrogen and oxygen atoms in total. The summed E-state index contributed by atoms with van der Waals surface area (Å²) in [5.74, 6) is -0.621. The number of aromatic nitrogens is 2. The summed E-state index contributed by atoms with van der Waals surface area (Å²) in [6, 6.07) is 0.294. The van der Waals surface area contributed by atoms with Gasteiger partial charge in [-0.3, -0.25) is 13.9 Å². The lowest BCUT2D eigenvalue weighted by Crippen LogP contribution is -2.38. The second kappa shape index (κ2) is 11.7. The summed E-state index contributed by atoms with van der Waals surface area (Å²) in [5, 5.41) is 12.8. The van der Waals surface area contributed by atoms with Crippen molar-refractivity contribution in [1.29, 1.82) is 0 Å². The van der Waals surface area contributed by atoms with Gasteiger partial charge in [-0.25, -0.2) is 14.4 Å². The van der Waals surface area contributed by atoms with E-state index in [0.29, 0.717) is 0 Å². The number of hydrogen-bond acceptors (Lipinski definition) is 10. The van der Waals surface area contributed by atoms with E-state index in [2.05, 4.69) is 10.1 Å². The molecule has 1 aliphatic heterocycles. The van der Waals surface area contributed by atoms with Crippen LogP contribution in [0.1, 0.15) is 51.7 Å². The quantitative estimate of drug-likeness (QED) is 0.207. The van der Waals surface area contributed by atoms with Crippen LogP contribution >= 0.6 is 7.75 Å². The molecule has 2 heterocycles. The molecule has 3 rings (SSSR count). The van der Waals surface area contributed by atoms with Gasteiger partial charge in [-0.05, 0) is 38.7 Å². The number of nitrogen functional groups attached to an aromatic ring is 1. The molecule has 1 saturated heterocycles. The molecule has 3 unspecified atom stereocenters. The molecule has 2 aliphatic rings. The molecule has 14 heteroatoms. The second-order valence-electron chi connectivity index (χ2n) is 8.52. The average molecular weight is 504 g/mol. The lowest BCUT2D eigenvalue weighted by molar-refractivity contribution is -0.151. The first kappa shape index (κ1) is 26.7. The van der Waals surface area contributed by atoms with Crippen LogP contribution in [0.4, 0.5) is 5.82 Å². The predicted octanol–water partition coefficient (Wildman–Crippen LogP) is 0.460. The molecular weight excluding hydrogens is 471 g/mol. The Morgan fingerprint density at radius 1 is 1.38 bits per heavy atom. The van der Waals surface area contributed by atoms with Crippen molar-refractivity contribution >= 4 is 19.5 Å². The molecular formula is C20H33N4O9P. The SMILES string of the molecule is COC1C(O)[C@@H](COP(=O)(O)N[C@@H](C)C(=O)OC2CCCCCC2)O[C@H]1n1ccc(N)nc1=O. The molecule has 0 bridgehead atoms. The minimum Gasteiger partial charge on any atom is -0.461 e. The van der Waals surface area contributed by atoms with E-state index < -0.39 is 56.6 Å². The van der Waals surface area contributed by atoms with Crippen molar-refractivity contribution in [2.75, 3.05) is 19.5 Å². The molecule has 5 N–H and O–H groups in total. The van der Waals surface area contributed by atoms with Gasteiger partial charge in [0.1, 0.15) is 36.3 Å². The Morgan fingerprint density at radius 2 is 2.06 bits per heavy atom. The number of aliphatic hydroxyl groups is 1. The molecule has 0 aromatic carbocycles. The minimum atomic E-state index is -4.46. The van der Waals surface area contributed by atoms with Crippen LogP contribution in [-0.2, 0) is 28.1 Å². The number of nitrogens with one attached hydrogen (secondary N) is 1. The van der Waals surface area contributed by atoms with Crippen LogP contribution in [0.2, 0.25) is 0 Å². The number of nitrogens with two attached hydrogens (primary N) is 1. The molecule has 0 radical (unpaired) electrons. The normalized spacial score (nSPS) is 28.7. The van der Waals surface area contributed by atoms with Crippen LogP contribution in [-0.4, -0.2) is 69.7 Å². The van der Waals surface area contributed by atoms with E-state index >= 15 is 0 Å². The minimum absolute atomic E-state index is 0.0210. The first-order chi connectivity index (χ1) is 16.1. The summed E-state index contributed by atoms with van der Waals surface area (Å²) in [6.07, 6.45) is 2.44. The maximum absolute atomic E-state index is 12.5. The van der Waals surface area contributed by atoms with Gasteiger partial charge < -0.3 is 29.9 Å². The molecule has 0 spiro atoms. The zero-order valence-electron chi connectivity index (χ0n) is 19.2. The van der Waals surface area contributed by atoms with E-state index in [-0.39, 0.29) is 11.9 Å². The fourth-order valence-corrected chi connectivity index (χ4v) is 5.11. The Bertz CT molecular complexity index is 937. The van der Waals surface area contributed by atoms with Crippen LogP contribution in [0.25, 0.3) is 0 Å². The highest BCUT2D eigenvalue weighted by Crippen LogP contribution is 2.40. The number of aliphatic hydroxyl groups excluding tert-OH is 1. The third-order valence-electron chi connectivity index (χ3n) is 5.92. The Labute approximate surface area is 197 Å². The summed E-state index contributed by atoms with van der Waals surface area (Å²) in [4.78, 5) is 38.3. The molecule has 2 fully saturated rings. The van der Waals surface area contributed by atoms with Crippen molar-refractivity contribution in [2.24, 2.45) is 0 Å². The maximum atomic E-state index is 12.5. The Hall–Kier alpha value is -1.86. The first-order valence-electron chi connectivity index (χ1n) is 11.3. The molecule has 34 heavy (non-hydrogen) atoms. The van der Waals surface area contributed by atoms with Crippen LogP contribution in [0.15, 0.2) is 17.1 Å². The number of anilines is 1. The van der Waals surface area contributed by atoms with Crippen molar-refractivity contribution in [3.63, 3.8) is 0 Å². The van der Waals surface area contributed by atoms with Gasteiger partial charge in [-0.1, -0.05) is 12.8 Å². The van der Waals surface area contributed by atoms with Crippen LogP contribution < -0.4 is 16.5 Å². The Morgan fingerprint density at radius 3 is 2.68 bits per heavy atom. The average Bonchev–Trinajstić information content (AvgIpc) is 2.91. The number of ether oxygens (including phenoxy) is 3. The molecule has 0 amide bonds. The van der Waals surface area contributed by atoms with Crippen LogP contribution in [0.3, 0.4) is 0 Å². The highest BCUT2D eigenvalue weighted by Gasteiger charge is 2.46. The number of carbonyl (C=O) groups is 1. The van der Waals surface area contributed by atoms with Gasteiger partial charge in [0.2, 0.25) is 0 Å². The lowest BCUT2D eigenvalue weighted by Gasteiger charge is -2.22. The van der Waals surface area contributed by atoms with Gasteiger partial charge in [-0.2, -0.15) is 4.98 Å². The summed E-state index contributed by atoms with van der Waals surface area (Å²) in [7, 11) is -3.14. The third-order valence-corrected chi connectivity index (χ3v) is 7.13. The van der Waals surface area contributed by atoms with Gasteiger partial charge in [0.15, 0.2) is 6.23 Å². The van der Waals surface area contributed by atoms with Gasteiger partial charge in [0, 0.05) is 13.3 Å². The smallest absolute Gasteiger partial charge is 0.403 e. The van der Waals surface area contributed by atoms with Gasteiger partial charge in [-0.15, -0.1) is 0 Å². The van der Waals surface area contributed by atoms with Gasteiger partial charge in [0.05, 0.1) is 6.61 Å². The van der Waals surface area contributed by atoms with Crippen molar-refractivity contribution in [2.45, 2.75) is 82.1 Å². The molecule has 1 aliphatic carbocycles. The van der Waals surface area contributed by atoms with Crippen molar-refractivity contribution in [3.05, 3.63) is 22.7 Å². The molecule has 1 saturated carbocycles. The van der Waals surface area contributed by atoms with Crippen molar-refractivity contribution < 1.29 is 38.1 Å². The second-order valence-corrected chi connectivity index (χ2v) is 10.1. The summed E-state index contributed by atoms with van der Waals surface area (Å²) >= 11 is 0. The van der Waals surface area contributed by atoms with Crippen LogP contribution in [0, 0.1) is 0 Å². The number of rotatable bonds is 9. The Balaban J connectivity index is 1.56. The third kappa shape index (κ3) is 6.85. The van der Waals surface area contributed by atoms with Gasteiger partial charge >= 0.3 is 19.4 Å². The lowest BCUT2D eigenvalue weighted by atomic mass is 10.1. The standard InChI is InChI=1S/C20H33N4O9P/c1-12(19(26)32-13-7-5-3-4-6-8-13)23-34(28,29)31-11-14-16(25)17(30-2)18(33-14)24-10-9-15(21)22-20(24)27/h9-10,12-14,16-18,25H,3-8,11H2,1-2H3,(H2,21,22,27)(H2,23,28,29)/t12-,14+,16?,17?,18+/m0/s1. The summed E-state index contributed by atoms with van der Waals surface area (Å²) < 4.78 is 35.1. The number of hydrogen-bond donors (Lipinski definition) is 4. The zero-order valence-corrected chi connectivity index (χ0v) is 20.1. The number of esters is 1. The molecule has 1 aromatic heterocycles. The van der Waals surface area contributed by atoms with Gasteiger partial charge in [0.25, 0.3) is 0 Å². The fourth-order valence-electron chi connectivity index (χ4n) is 4.09. The predicted molar refractivity (Wildman–Crippen MR) is 120 cm³/mol. The summed E-state index contributed by atoms with van der Waals surface area (Å²) in [5.41, 5.74) is 4.79. The van der Waals surface area contributed by atoms with E-state index in [1.165, 1.54) is 26.3 Å². The molecule has 192 valence electrons. The molecule has 6 atom stereocenters. The van der Waals surface area contributed by atoms with E-state index in [1.54, 1.807) is 0 Å². The number of carbonyl (C=O) groups excluding carboxylic acids is 1. The molecule has 1 aromatic rings. The number of methoxy groups -OCH3 is 1. The van der Waals surface area contributed by atoms with E-state index in [9.17, 15) is 24.2 Å². The van der Waals surface area contributed by atoms with E-state index in [0.717, 1.165) is 43.1 Å². The highest BCUT2D eigenvalue weighted by atomic mass is 31.2. The summed E-state index contributed by atoms with van der Waals surface area (Å²) in [6.45, 7) is 0.892. The fraction of sp³-hybridized carbons (Fsp3) is 0.750. The van der Waals surface area contributed by atoms with E-state index in [1.807, 2.05) is 0 Å². The largest absolute Gasteiger partial charge is 0.461 e. The van der Waals surface area contributed by atoms with Crippen molar-refractivity contribution in [3.8, 4) is 0 Å². The highest BCUT2D eigenvalue weighted by molar-refractivity contribution is 7.50. The maximum Gasteiger partial charge on any atom is 0.403 e. The zero-order chi connectivity index (χ0) is 24.9. The monoisotopic (exact) mass is 504 g/mol. The first-order valence-corrected chi connectivity index (χ1v) is 12.9.